The van der Waals surface area contributed by atoms with Crippen LogP contribution in [0, 0.1) is 5.92 Å². The van der Waals surface area contributed by atoms with Gasteiger partial charge in [-0.05, 0) is 32.6 Å². The van der Waals surface area contributed by atoms with Crippen molar-refractivity contribution in [1.29, 1.82) is 0 Å². The summed E-state index contributed by atoms with van der Waals surface area (Å²) in [7, 11) is 0. The summed E-state index contributed by atoms with van der Waals surface area (Å²) in [5, 5.41) is 0. The minimum absolute atomic E-state index is 0.435. The highest BCUT2D eigenvalue weighted by Gasteiger charge is 2.26. The first kappa shape index (κ1) is 11.4. The summed E-state index contributed by atoms with van der Waals surface area (Å²) in [5.41, 5.74) is 0. The molecule has 2 nitrogen and oxygen atoms in total. The predicted octanol–water partition coefficient (Wildman–Crippen LogP) is 2.68. The van der Waals surface area contributed by atoms with Gasteiger partial charge in [0, 0.05) is 19.1 Å². The topological polar surface area (TPSA) is 12.5 Å². The molecule has 0 aromatic heterocycles. The van der Waals surface area contributed by atoms with Gasteiger partial charge in [-0.2, -0.15) is 0 Å². The van der Waals surface area contributed by atoms with Crippen molar-refractivity contribution in [2.75, 3.05) is 19.7 Å². The van der Waals surface area contributed by atoms with Crippen LogP contribution >= 0.6 is 0 Å². The number of nitrogens with zero attached hydrogens (tertiary/aromatic N) is 1. The van der Waals surface area contributed by atoms with Gasteiger partial charge in [0.25, 0.3) is 0 Å². The molecule has 88 valence electrons. The molecule has 2 aliphatic rings. The van der Waals surface area contributed by atoms with Crippen LogP contribution in [0.3, 0.4) is 0 Å². The van der Waals surface area contributed by atoms with Crippen molar-refractivity contribution in [2.45, 2.75) is 58.1 Å². The first-order valence-corrected chi connectivity index (χ1v) is 6.61. The molecule has 2 unspecified atom stereocenters. The second-order valence-corrected chi connectivity index (χ2v) is 5.45. The van der Waals surface area contributed by atoms with E-state index >= 15 is 0 Å². The lowest BCUT2D eigenvalue weighted by Crippen LogP contribution is -2.49. The molecule has 0 radical (unpaired) electrons. The van der Waals surface area contributed by atoms with Crippen LogP contribution in [-0.4, -0.2) is 36.7 Å². The van der Waals surface area contributed by atoms with Crippen molar-refractivity contribution in [3.8, 4) is 0 Å². The van der Waals surface area contributed by atoms with E-state index in [1.807, 2.05) is 0 Å². The second-order valence-electron chi connectivity index (χ2n) is 5.45. The highest BCUT2D eigenvalue weighted by Crippen LogP contribution is 2.26. The Hall–Kier alpha value is -0.0800. The maximum absolute atomic E-state index is 5.67. The highest BCUT2D eigenvalue weighted by atomic mass is 16.5. The van der Waals surface area contributed by atoms with Crippen molar-refractivity contribution in [3.63, 3.8) is 0 Å². The average molecular weight is 211 g/mol. The van der Waals surface area contributed by atoms with Gasteiger partial charge >= 0.3 is 0 Å². The van der Waals surface area contributed by atoms with Crippen LogP contribution in [-0.2, 0) is 4.74 Å². The lowest BCUT2D eigenvalue weighted by atomic mass is 9.88. The molecule has 0 aromatic carbocycles. The Labute approximate surface area is 94.0 Å². The van der Waals surface area contributed by atoms with Crippen LogP contribution in [0.1, 0.15) is 46.0 Å². The quantitative estimate of drug-likeness (QED) is 0.696. The van der Waals surface area contributed by atoms with Gasteiger partial charge in [0.05, 0.1) is 12.7 Å². The van der Waals surface area contributed by atoms with E-state index in [4.69, 9.17) is 4.74 Å². The van der Waals surface area contributed by atoms with Crippen LogP contribution < -0.4 is 0 Å². The zero-order chi connectivity index (χ0) is 10.7. The van der Waals surface area contributed by atoms with Crippen LogP contribution in [0.15, 0.2) is 0 Å². The number of morpholine rings is 1. The summed E-state index contributed by atoms with van der Waals surface area (Å²) in [6, 6.07) is 0.628. The molecule has 1 saturated carbocycles. The minimum Gasteiger partial charge on any atom is -0.376 e. The van der Waals surface area contributed by atoms with E-state index in [2.05, 4.69) is 18.7 Å². The standard InChI is InChI=1S/C13H25NO/c1-11-10-15-12(2)8-14(11)9-13-6-4-3-5-7-13/h11-13H,3-10H2,1-2H3. The van der Waals surface area contributed by atoms with Crippen molar-refractivity contribution in [1.82, 2.24) is 4.90 Å². The first-order chi connectivity index (χ1) is 7.25. The predicted molar refractivity (Wildman–Crippen MR) is 63.0 cm³/mol. The summed E-state index contributed by atoms with van der Waals surface area (Å²) in [4.78, 5) is 2.64. The van der Waals surface area contributed by atoms with E-state index in [0.717, 1.165) is 19.1 Å². The Morgan fingerprint density at radius 1 is 1.13 bits per heavy atom. The molecule has 0 spiro atoms. The molecule has 1 aliphatic carbocycles. The van der Waals surface area contributed by atoms with Gasteiger partial charge in [-0.3, -0.25) is 4.90 Å². The molecular formula is C13H25NO. The second kappa shape index (κ2) is 5.31. The monoisotopic (exact) mass is 211 g/mol. The molecule has 1 saturated heterocycles. The van der Waals surface area contributed by atoms with E-state index in [1.165, 1.54) is 38.6 Å². The lowest BCUT2D eigenvalue weighted by molar-refractivity contribution is -0.0556. The first-order valence-electron chi connectivity index (χ1n) is 6.61. The van der Waals surface area contributed by atoms with Crippen LogP contribution in [0.5, 0.6) is 0 Å². The summed E-state index contributed by atoms with van der Waals surface area (Å²) in [5.74, 6) is 0.964. The molecule has 0 N–H and O–H groups in total. The third-order valence-electron chi connectivity index (χ3n) is 3.95. The van der Waals surface area contributed by atoms with Crippen LogP contribution in [0.25, 0.3) is 0 Å². The molecule has 2 atom stereocenters. The van der Waals surface area contributed by atoms with Crippen molar-refractivity contribution >= 4 is 0 Å². The van der Waals surface area contributed by atoms with Gasteiger partial charge in [0.2, 0.25) is 0 Å². The Balaban J connectivity index is 1.80. The fraction of sp³-hybridized carbons (Fsp3) is 1.00. The van der Waals surface area contributed by atoms with Gasteiger partial charge < -0.3 is 4.74 Å². The van der Waals surface area contributed by atoms with Gasteiger partial charge in [-0.1, -0.05) is 19.3 Å². The maximum Gasteiger partial charge on any atom is 0.0674 e. The van der Waals surface area contributed by atoms with Crippen molar-refractivity contribution < 1.29 is 4.74 Å². The molecule has 15 heavy (non-hydrogen) atoms. The molecule has 2 heteroatoms. The van der Waals surface area contributed by atoms with Gasteiger partial charge in [-0.15, -0.1) is 0 Å². The molecule has 2 fully saturated rings. The fourth-order valence-corrected chi connectivity index (χ4v) is 2.93. The number of hydrogen-bond donors (Lipinski definition) is 0. The van der Waals surface area contributed by atoms with Gasteiger partial charge in [0.15, 0.2) is 0 Å². The summed E-state index contributed by atoms with van der Waals surface area (Å²) >= 11 is 0. The van der Waals surface area contributed by atoms with Crippen LogP contribution in [0.4, 0.5) is 0 Å². The molecule has 2 rings (SSSR count). The van der Waals surface area contributed by atoms with E-state index < -0.39 is 0 Å². The molecule has 1 heterocycles. The number of rotatable bonds is 2. The Bertz CT molecular complexity index is 189. The molecule has 0 bridgehead atoms. The summed E-state index contributed by atoms with van der Waals surface area (Å²) in [6.45, 7) is 7.87. The third-order valence-corrected chi connectivity index (χ3v) is 3.95. The van der Waals surface area contributed by atoms with E-state index in [-0.39, 0.29) is 0 Å². The summed E-state index contributed by atoms with van der Waals surface area (Å²) in [6.07, 6.45) is 7.73. The Morgan fingerprint density at radius 3 is 2.60 bits per heavy atom. The van der Waals surface area contributed by atoms with Crippen LogP contribution in [0.2, 0.25) is 0 Å². The van der Waals surface area contributed by atoms with Gasteiger partial charge in [0.1, 0.15) is 0 Å². The van der Waals surface area contributed by atoms with Crippen molar-refractivity contribution in [2.24, 2.45) is 5.92 Å². The Morgan fingerprint density at radius 2 is 1.87 bits per heavy atom. The van der Waals surface area contributed by atoms with E-state index in [0.29, 0.717) is 12.1 Å². The Kier molecular flexibility index (Phi) is 4.04. The fourth-order valence-electron chi connectivity index (χ4n) is 2.93. The average Bonchev–Trinajstić information content (AvgIpc) is 2.25. The number of hydrogen-bond acceptors (Lipinski definition) is 2. The SMILES string of the molecule is CC1CN(CC2CCCCC2)C(C)CO1. The number of ether oxygens (including phenoxy) is 1. The zero-order valence-corrected chi connectivity index (χ0v) is 10.2. The molecule has 0 amide bonds. The normalized spacial score (nSPS) is 35.6. The summed E-state index contributed by atoms with van der Waals surface area (Å²) < 4.78 is 5.67. The lowest BCUT2D eigenvalue weighted by Gasteiger charge is -2.39. The van der Waals surface area contributed by atoms with E-state index in [1.54, 1.807) is 0 Å². The highest BCUT2D eigenvalue weighted by molar-refractivity contribution is 4.78. The van der Waals surface area contributed by atoms with Gasteiger partial charge in [-0.25, -0.2) is 0 Å². The molecule has 1 aliphatic heterocycles. The van der Waals surface area contributed by atoms with E-state index in [9.17, 15) is 0 Å². The van der Waals surface area contributed by atoms with Crippen molar-refractivity contribution in [3.05, 3.63) is 0 Å². The zero-order valence-electron chi connectivity index (χ0n) is 10.2. The maximum atomic E-state index is 5.67. The third kappa shape index (κ3) is 3.18. The smallest absolute Gasteiger partial charge is 0.0674 e. The largest absolute Gasteiger partial charge is 0.376 e. The minimum atomic E-state index is 0.435. The molecular weight excluding hydrogens is 186 g/mol. The molecule has 0 aromatic rings.